The van der Waals surface area contributed by atoms with Gasteiger partial charge in [-0.25, -0.2) is 4.98 Å². The topological polar surface area (TPSA) is 64.0 Å². The zero-order valence-corrected chi connectivity index (χ0v) is 15.0. The van der Waals surface area contributed by atoms with E-state index in [9.17, 15) is 9.59 Å². The highest BCUT2D eigenvalue weighted by molar-refractivity contribution is 5.97. The molecule has 3 rings (SSSR count). The number of aromatic nitrogens is 2. The minimum atomic E-state index is -0.0907. The van der Waals surface area contributed by atoms with E-state index >= 15 is 0 Å². The van der Waals surface area contributed by atoms with E-state index < -0.39 is 0 Å². The number of aryl methyl sites for hydroxylation is 2. The second kappa shape index (κ2) is 7.64. The van der Waals surface area contributed by atoms with Gasteiger partial charge in [0.1, 0.15) is 5.69 Å². The van der Waals surface area contributed by atoms with Crippen LogP contribution in [-0.2, 0) is 6.54 Å². The van der Waals surface area contributed by atoms with E-state index in [-0.39, 0.29) is 11.5 Å². The van der Waals surface area contributed by atoms with Gasteiger partial charge in [0.15, 0.2) is 0 Å². The first-order chi connectivity index (χ1) is 12.1. The van der Waals surface area contributed by atoms with Gasteiger partial charge in [0, 0.05) is 18.7 Å². The molecule has 0 spiro atoms. The molecule has 5 nitrogen and oxygen atoms in total. The van der Waals surface area contributed by atoms with E-state index in [1.165, 1.54) is 18.4 Å². The lowest BCUT2D eigenvalue weighted by molar-refractivity contribution is 0.0954. The maximum absolute atomic E-state index is 12.4. The Morgan fingerprint density at radius 2 is 2.16 bits per heavy atom. The number of allylic oxidation sites excluding steroid dienone is 1. The third kappa shape index (κ3) is 3.81. The van der Waals surface area contributed by atoms with Crippen molar-refractivity contribution in [2.75, 3.05) is 6.54 Å². The molecular formula is C20H25N3O2. The molecule has 0 saturated carbocycles. The predicted molar refractivity (Wildman–Crippen MR) is 99.9 cm³/mol. The summed E-state index contributed by atoms with van der Waals surface area (Å²) in [5.74, 6) is -0.0907. The largest absolute Gasteiger partial charge is 0.352 e. The second-order valence-corrected chi connectivity index (χ2v) is 6.56. The molecule has 0 bridgehead atoms. The lowest BCUT2D eigenvalue weighted by atomic mass is 9.97. The highest BCUT2D eigenvalue weighted by atomic mass is 16.1. The van der Waals surface area contributed by atoms with Crippen LogP contribution in [0, 0.1) is 6.92 Å². The summed E-state index contributed by atoms with van der Waals surface area (Å²) in [6.07, 6.45) is 8.09. The van der Waals surface area contributed by atoms with Gasteiger partial charge in [-0.3, -0.25) is 9.59 Å². The van der Waals surface area contributed by atoms with Crippen LogP contribution < -0.4 is 10.9 Å². The smallest absolute Gasteiger partial charge is 0.272 e. The minimum Gasteiger partial charge on any atom is -0.352 e. The number of benzene rings is 1. The number of carbonyl (C=O) groups is 1. The first-order valence-electron chi connectivity index (χ1n) is 9.07. The molecule has 0 saturated heterocycles. The summed E-state index contributed by atoms with van der Waals surface area (Å²) in [6, 6.07) is 5.34. The zero-order valence-electron chi connectivity index (χ0n) is 15.0. The summed E-state index contributed by atoms with van der Waals surface area (Å²) >= 11 is 0. The zero-order chi connectivity index (χ0) is 17.8. The van der Waals surface area contributed by atoms with Crippen molar-refractivity contribution >= 4 is 16.9 Å². The van der Waals surface area contributed by atoms with Gasteiger partial charge in [0.25, 0.3) is 11.5 Å². The second-order valence-electron chi connectivity index (χ2n) is 6.56. The van der Waals surface area contributed by atoms with E-state index in [0.717, 1.165) is 24.8 Å². The first kappa shape index (κ1) is 17.4. The lowest BCUT2D eigenvalue weighted by Crippen LogP contribution is -2.26. The van der Waals surface area contributed by atoms with Gasteiger partial charge < -0.3 is 9.88 Å². The average molecular weight is 339 g/mol. The number of nitrogens with one attached hydrogen (secondary N) is 1. The van der Waals surface area contributed by atoms with Crippen LogP contribution in [0.25, 0.3) is 11.0 Å². The van der Waals surface area contributed by atoms with Gasteiger partial charge in [-0.1, -0.05) is 11.6 Å². The van der Waals surface area contributed by atoms with Crippen molar-refractivity contribution in [1.82, 2.24) is 14.9 Å². The number of fused-ring (bicyclic) bond motifs is 1. The van der Waals surface area contributed by atoms with Gasteiger partial charge in [-0.05, 0) is 64.2 Å². The Hall–Kier alpha value is -2.43. The van der Waals surface area contributed by atoms with Crippen LogP contribution in [-0.4, -0.2) is 22.0 Å². The van der Waals surface area contributed by atoms with Crippen LogP contribution in [0.3, 0.4) is 0 Å². The summed E-state index contributed by atoms with van der Waals surface area (Å²) in [7, 11) is 0. The molecule has 1 aromatic heterocycles. The average Bonchev–Trinajstić information content (AvgIpc) is 2.63. The van der Waals surface area contributed by atoms with Crippen LogP contribution in [0.5, 0.6) is 0 Å². The van der Waals surface area contributed by atoms with E-state index in [2.05, 4.69) is 16.4 Å². The predicted octanol–water partition coefficient (Wildman–Crippen LogP) is 3.35. The van der Waals surface area contributed by atoms with Gasteiger partial charge in [-0.15, -0.1) is 0 Å². The normalized spacial score (nSPS) is 14.4. The summed E-state index contributed by atoms with van der Waals surface area (Å²) < 4.78 is 1.69. The van der Waals surface area contributed by atoms with Gasteiger partial charge in [0.2, 0.25) is 0 Å². The molecule has 0 unspecified atom stereocenters. The monoisotopic (exact) mass is 339 g/mol. The van der Waals surface area contributed by atoms with E-state index in [0.29, 0.717) is 29.9 Å². The number of hydrogen-bond donors (Lipinski definition) is 1. The molecule has 0 fully saturated rings. The fraction of sp³-hybridized carbons (Fsp3) is 0.450. The summed E-state index contributed by atoms with van der Waals surface area (Å²) in [6.45, 7) is 4.88. The summed E-state index contributed by atoms with van der Waals surface area (Å²) in [5, 5.41) is 2.99. The molecule has 1 aliphatic rings. The molecule has 0 aliphatic heterocycles. The van der Waals surface area contributed by atoms with Crippen molar-refractivity contribution in [2.45, 2.75) is 52.5 Å². The first-order valence-corrected chi connectivity index (χ1v) is 9.07. The summed E-state index contributed by atoms with van der Waals surface area (Å²) in [4.78, 5) is 28.9. The number of hydrogen-bond acceptors (Lipinski definition) is 3. The number of amides is 1. The molecule has 5 heteroatoms. The number of rotatable bonds is 5. The van der Waals surface area contributed by atoms with E-state index in [1.807, 2.05) is 13.0 Å². The van der Waals surface area contributed by atoms with Crippen molar-refractivity contribution in [2.24, 2.45) is 0 Å². The maximum atomic E-state index is 12.4. The molecular weight excluding hydrogens is 314 g/mol. The quantitative estimate of drug-likeness (QED) is 0.850. The Bertz CT molecular complexity index is 880. The van der Waals surface area contributed by atoms with Crippen molar-refractivity contribution in [3.63, 3.8) is 0 Å². The molecule has 0 atom stereocenters. The standard InChI is InChI=1S/C20H25N3O2/c1-3-23-18-10-9-16(13-17(18)22-14(2)20(23)25)19(24)21-12-11-15-7-5-4-6-8-15/h7,9-10,13H,3-6,8,11-12H2,1-2H3,(H,21,24). The molecule has 1 N–H and O–H groups in total. The van der Waals surface area contributed by atoms with Crippen LogP contribution >= 0.6 is 0 Å². The Morgan fingerprint density at radius 1 is 1.32 bits per heavy atom. The molecule has 2 aromatic rings. The SMILES string of the molecule is CCn1c(=O)c(C)nc2cc(C(=O)NCCC3=CCCCC3)ccc21. The fourth-order valence-corrected chi connectivity index (χ4v) is 3.40. The molecule has 132 valence electrons. The van der Waals surface area contributed by atoms with Crippen molar-refractivity contribution < 1.29 is 4.79 Å². The van der Waals surface area contributed by atoms with Crippen molar-refractivity contribution in [3.8, 4) is 0 Å². The minimum absolute atomic E-state index is 0.0760. The van der Waals surface area contributed by atoms with Crippen LogP contribution in [0.2, 0.25) is 0 Å². The van der Waals surface area contributed by atoms with Crippen LogP contribution in [0.15, 0.2) is 34.6 Å². The highest BCUT2D eigenvalue weighted by Gasteiger charge is 2.11. The molecule has 1 aliphatic carbocycles. The Balaban J connectivity index is 1.74. The Labute approximate surface area is 147 Å². The van der Waals surface area contributed by atoms with Crippen LogP contribution in [0.4, 0.5) is 0 Å². The Kier molecular flexibility index (Phi) is 5.31. The lowest BCUT2D eigenvalue weighted by Gasteiger charge is -2.13. The summed E-state index contributed by atoms with van der Waals surface area (Å²) in [5.41, 5.74) is 3.86. The third-order valence-corrected chi connectivity index (χ3v) is 4.80. The maximum Gasteiger partial charge on any atom is 0.272 e. The number of nitrogens with zero attached hydrogens (tertiary/aromatic N) is 2. The molecule has 0 radical (unpaired) electrons. The Morgan fingerprint density at radius 3 is 2.88 bits per heavy atom. The van der Waals surface area contributed by atoms with E-state index in [4.69, 9.17) is 0 Å². The van der Waals surface area contributed by atoms with Crippen molar-refractivity contribution in [1.29, 1.82) is 0 Å². The molecule has 1 amide bonds. The fourth-order valence-electron chi connectivity index (χ4n) is 3.40. The number of carbonyl (C=O) groups excluding carboxylic acids is 1. The van der Waals surface area contributed by atoms with Gasteiger partial charge >= 0.3 is 0 Å². The highest BCUT2D eigenvalue weighted by Crippen LogP contribution is 2.19. The van der Waals surface area contributed by atoms with Gasteiger partial charge in [0.05, 0.1) is 11.0 Å². The van der Waals surface area contributed by atoms with E-state index in [1.54, 1.807) is 23.6 Å². The molecule has 1 heterocycles. The van der Waals surface area contributed by atoms with Crippen LogP contribution in [0.1, 0.15) is 55.1 Å². The van der Waals surface area contributed by atoms with Crippen molar-refractivity contribution in [3.05, 3.63) is 51.5 Å². The third-order valence-electron chi connectivity index (χ3n) is 4.80. The van der Waals surface area contributed by atoms with Gasteiger partial charge in [-0.2, -0.15) is 0 Å². The molecule has 25 heavy (non-hydrogen) atoms. The molecule has 1 aromatic carbocycles.